The molecule has 134 valence electrons. The molecular weight excluding hydrogens is 328 g/mol. The number of H-pyrrole nitrogens is 1. The molecule has 0 saturated carbocycles. The highest BCUT2D eigenvalue weighted by molar-refractivity contribution is 6.08. The highest BCUT2D eigenvalue weighted by atomic mass is 16.3. The van der Waals surface area contributed by atoms with Crippen LogP contribution < -0.4 is 10.7 Å². The van der Waals surface area contributed by atoms with E-state index in [9.17, 15) is 9.59 Å². The maximum atomic E-state index is 13.0. The van der Waals surface area contributed by atoms with Crippen molar-refractivity contribution in [3.8, 4) is 11.5 Å². The van der Waals surface area contributed by atoms with Crippen molar-refractivity contribution in [1.29, 1.82) is 0 Å². The summed E-state index contributed by atoms with van der Waals surface area (Å²) in [6.07, 6.45) is 3.09. The van der Waals surface area contributed by atoms with Crippen LogP contribution in [0.2, 0.25) is 0 Å². The number of amides is 1. The van der Waals surface area contributed by atoms with E-state index >= 15 is 0 Å². The number of aromatic nitrogens is 1. The van der Waals surface area contributed by atoms with E-state index in [0.717, 1.165) is 29.7 Å². The van der Waals surface area contributed by atoms with Crippen molar-refractivity contribution in [3.05, 3.63) is 75.3 Å². The monoisotopic (exact) mass is 350 g/mol. The minimum Gasteiger partial charge on any atom is -0.463 e. The van der Waals surface area contributed by atoms with Crippen molar-refractivity contribution >= 4 is 11.6 Å². The first-order chi connectivity index (χ1) is 12.5. The van der Waals surface area contributed by atoms with Crippen LogP contribution >= 0.6 is 0 Å². The molecule has 26 heavy (non-hydrogen) atoms. The summed E-state index contributed by atoms with van der Waals surface area (Å²) in [6.45, 7) is 5.85. The number of carbonyl (C=O) groups excluding carboxylic acids is 1. The van der Waals surface area contributed by atoms with E-state index in [1.807, 2.05) is 32.0 Å². The van der Waals surface area contributed by atoms with Gasteiger partial charge in [-0.25, -0.2) is 0 Å². The zero-order valence-electron chi connectivity index (χ0n) is 15.2. The molecule has 1 amide bonds. The van der Waals surface area contributed by atoms with Gasteiger partial charge in [0.05, 0.1) is 12.0 Å². The maximum absolute atomic E-state index is 13.0. The molecule has 0 atom stereocenters. The number of furan rings is 1. The van der Waals surface area contributed by atoms with E-state index < -0.39 is 5.91 Å². The van der Waals surface area contributed by atoms with Crippen molar-refractivity contribution in [2.24, 2.45) is 0 Å². The molecule has 0 saturated heterocycles. The van der Waals surface area contributed by atoms with Crippen LogP contribution in [0.3, 0.4) is 0 Å². The van der Waals surface area contributed by atoms with Crippen molar-refractivity contribution in [1.82, 2.24) is 4.98 Å². The van der Waals surface area contributed by atoms with Gasteiger partial charge in [-0.15, -0.1) is 0 Å². The molecule has 3 rings (SSSR count). The van der Waals surface area contributed by atoms with Crippen LogP contribution in [-0.4, -0.2) is 10.9 Å². The van der Waals surface area contributed by atoms with Gasteiger partial charge in [0, 0.05) is 17.4 Å². The zero-order chi connectivity index (χ0) is 18.7. The van der Waals surface area contributed by atoms with Crippen molar-refractivity contribution in [3.63, 3.8) is 0 Å². The molecule has 2 heterocycles. The molecule has 0 spiro atoms. The third-order valence-corrected chi connectivity index (χ3v) is 4.40. The van der Waals surface area contributed by atoms with Gasteiger partial charge in [0.15, 0.2) is 11.2 Å². The second kappa shape index (κ2) is 7.44. The predicted octanol–water partition coefficient (Wildman–Crippen LogP) is 4.32. The minimum atomic E-state index is -0.437. The first kappa shape index (κ1) is 17.7. The second-order valence-electron chi connectivity index (χ2n) is 6.16. The lowest BCUT2D eigenvalue weighted by atomic mass is 10.0. The van der Waals surface area contributed by atoms with Gasteiger partial charge in [-0.2, -0.15) is 0 Å². The minimum absolute atomic E-state index is 0.0542. The van der Waals surface area contributed by atoms with Crippen LogP contribution in [-0.2, 0) is 12.8 Å². The Bertz CT molecular complexity index is 963. The number of para-hydroxylation sites is 1. The second-order valence-corrected chi connectivity index (χ2v) is 6.16. The molecule has 2 N–H and O–H groups in total. The van der Waals surface area contributed by atoms with Crippen LogP contribution in [0, 0.1) is 6.92 Å². The smallest absolute Gasteiger partial charge is 0.261 e. The van der Waals surface area contributed by atoms with Crippen LogP contribution in [0.15, 0.2) is 51.9 Å². The number of aromatic amines is 1. The normalized spacial score (nSPS) is 10.7. The molecule has 1 aromatic carbocycles. The SMILES string of the molecule is CCc1cccc(CC)c1NC(=O)c1c(-c2ccco2)[nH]c(C)cc1=O. The van der Waals surface area contributed by atoms with Crippen LogP contribution in [0.25, 0.3) is 11.5 Å². The highest BCUT2D eigenvalue weighted by Crippen LogP contribution is 2.25. The molecule has 0 fully saturated rings. The molecule has 3 aromatic rings. The Kier molecular flexibility index (Phi) is 5.07. The van der Waals surface area contributed by atoms with Crippen LogP contribution in [0.4, 0.5) is 5.69 Å². The van der Waals surface area contributed by atoms with E-state index in [1.54, 1.807) is 19.1 Å². The molecule has 2 aromatic heterocycles. The number of anilines is 1. The Balaban J connectivity index is 2.09. The molecule has 5 nitrogen and oxygen atoms in total. The van der Waals surface area contributed by atoms with Crippen molar-refractivity contribution in [2.45, 2.75) is 33.6 Å². The highest BCUT2D eigenvalue weighted by Gasteiger charge is 2.21. The third-order valence-electron chi connectivity index (χ3n) is 4.40. The van der Waals surface area contributed by atoms with Gasteiger partial charge in [-0.3, -0.25) is 9.59 Å². The fourth-order valence-electron chi connectivity index (χ4n) is 3.10. The number of hydrogen-bond donors (Lipinski definition) is 2. The summed E-state index contributed by atoms with van der Waals surface area (Å²) in [5.74, 6) is 0.0173. The van der Waals surface area contributed by atoms with E-state index in [4.69, 9.17) is 4.42 Å². The standard InChI is InChI=1S/C21H22N2O3/c1-4-14-8-6-9-15(5-2)19(14)23-21(25)18-16(24)12-13(3)22-20(18)17-10-7-11-26-17/h6-12H,4-5H2,1-3H3,(H,22,24)(H,23,25). The molecule has 0 aliphatic heterocycles. The van der Waals surface area contributed by atoms with Gasteiger partial charge in [-0.1, -0.05) is 32.0 Å². The molecule has 0 radical (unpaired) electrons. The summed E-state index contributed by atoms with van der Waals surface area (Å²) in [5, 5.41) is 2.96. The number of nitrogens with one attached hydrogen (secondary N) is 2. The lowest BCUT2D eigenvalue weighted by molar-refractivity contribution is 0.102. The number of aryl methyl sites for hydroxylation is 3. The Morgan fingerprint density at radius 1 is 1.12 bits per heavy atom. The molecule has 0 unspecified atom stereocenters. The quantitative estimate of drug-likeness (QED) is 0.719. The Morgan fingerprint density at radius 3 is 2.38 bits per heavy atom. The molecule has 0 aliphatic rings. The van der Waals surface area contributed by atoms with Crippen molar-refractivity contribution in [2.75, 3.05) is 5.32 Å². The lowest BCUT2D eigenvalue weighted by Gasteiger charge is -2.15. The molecule has 5 heteroatoms. The van der Waals surface area contributed by atoms with Gasteiger partial charge in [0.25, 0.3) is 5.91 Å². The molecule has 0 aliphatic carbocycles. The van der Waals surface area contributed by atoms with Gasteiger partial charge < -0.3 is 14.7 Å². The maximum Gasteiger partial charge on any atom is 0.261 e. The van der Waals surface area contributed by atoms with Gasteiger partial charge in [0.1, 0.15) is 5.56 Å². The fourth-order valence-corrected chi connectivity index (χ4v) is 3.10. The predicted molar refractivity (Wildman–Crippen MR) is 103 cm³/mol. The largest absolute Gasteiger partial charge is 0.463 e. The summed E-state index contributed by atoms with van der Waals surface area (Å²) in [5.41, 5.74) is 3.65. The average molecular weight is 350 g/mol. The third kappa shape index (κ3) is 3.33. The number of carbonyl (C=O) groups is 1. The summed E-state index contributed by atoms with van der Waals surface area (Å²) in [4.78, 5) is 28.7. The first-order valence-corrected chi connectivity index (χ1v) is 8.75. The Hall–Kier alpha value is -3.08. The number of pyridine rings is 1. The van der Waals surface area contributed by atoms with Gasteiger partial charge in [0.2, 0.25) is 0 Å². The summed E-state index contributed by atoms with van der Waals surface area (Å²) in [7, 11) is 0. The topological polar surface area (TPSA) is 75.1 Å². The average Bonchev–Trinajstić information content (AvgIpc) is 3.15. The summed E-state index contributed by atoms with van der Waals surface area (Å²) >= 11 is 0. The lowest BCUT2D eigenvalue weighted by Crippen LogP contribution is -2.24. The number of hydrogen-bond acceptors (Lipinski definition) is 3. The van der Waals surface area contributed by atoms with Gasteiger partial charge >= 0.3 is 0 Å². The summed E-state index contributed by atoms with van der Waals surface area (Å²) < 4.78 is 5.41. The van der Waals surface area contributed by atoms with Gasteiger partial charge in [-0.05, 0) is 43.0 Å². The van der Waals surface area contributed by atoms with Crippen LogP contribution in [0.1, 0.15) is 41.0 Å². The Labute approximate surface area is 152 Å². The molecule has 0 bridgehead atoms. The van der Waals surface area contributed by atoms with E-state index in [2.05, 4.69) is 10.3 Å². The fraction of sp³-hybridized carbons (Fsp3) is 0.238. The zero-order valence-corrected chi connectivity index (χ0v) is 15.2. The van der Waals surface area contributed by atoms with E-state index in [0.29, 0.717) is 17.1 Å². The molecular formula is C21H22N2O3. The van der Waals surface area contributed by atoms with Crippen molar-refractivity contribution < 1.29 is 9.21 Å². The first-order valence-electron chi connectivity index (χ1n) is 8.75. The van der Waals surface area contributed by atoms with Crippen LogP contribution in [0.5, 0.6) is 0 Å². The van der Waals surface area contributed by atoms with E-state index in [-0.39, 0.29) is 11.0 Å². The number of benzene rings is 1. The Morgan fingerprint density at radius 2 is 1.81 bits per heavy atom. The summed E-state index contributed by atoms with van der Waals surface area (Å²) in [6, 6.07) is 10.8. The van der Waals surface area contributed by atoms with E-state index in [1.165, 1.54) is 12.3 Å². The number of rotatable bonds is 5.